The molecule has 1 amide bonds. The summed E-state index contributed by atoms with van der Waals surface area (Å²) >= 11 is 0. The van der Waals surface area contributed by atoms with Crippen LogP contribution in [0.25, 0.3) is 0 Å². The molecule has 2 aromatic carbocycles. The maximum Gasteiger partial charge on any atom is 0.260 e. The van der Waals surface area contributed by atoms with Crippen molar-refractivity contribution in [3.63, 3.8) is 0 Å². The Balaban J connectivity index is 2.12. The zero-order valence-electron chi connectivity index (χ0n) is 15.4. The first-order valence-corrected chi connectivity index (χ1v) is 9.95. The topological polar surface area (TPSA) is 78.8 Å². The number of carbonyl (C=O) groups excluding carboxylic acids is 1. The van der Waals surface area contributed by atoms with Crippen LogP contribution in [0.15, 0.2) is 47.6 Å². The van der Waals surface area contributed by atoms with E-state index in [2.05, 4.69) is 10.5 Å². The zero-order chi connectivity index (χ0) is 19.3. The van der Waals surface area contributed by atoms with E-state index in [1.54, 1.807) is 6.07 Å². The summed E-state index contributed by atoms with van der Waals surface area (Å²) in [7, 11) is -3.61. The molecule has 0 unspecified atom stereocenters. The maximum atomic E-state index is 12.2. The number of rotatable bonds is 6. The monoisotopic (exact) mass is 373 g/mol. The minimum Gasteiger partial charge on any atom is -0.271 e. The molecule has 7 heteroatoms. The molecule has 0 aromatic heterocycles. The SMILES string of the molecule is Cc1cccc(/C=N\NC(=O)CN(c2ccc(C)cc2C)S(C)(=O)=O)c1. The number of hydrazone groups is 1. The number of carbonyl (C=O) groups is 1. The highest BCUT2D eigenvalue weighted by Gasteiger charge is 2.22. The fraction of sp³-hybridized carbons (Fsp3) is 0.263. The average molecular weight is 373 g/mol. The molecule has 0 saturated heterocycles. The Labute approximate surface area is 154 Å². The van der Waals surface area contributed by atoms with Gasteiger partial charge in [-0.15, -0.1) is 0 Å². The number of nitrogens with zero attached hydrogens (tertiary/aromatic N) is 2. The van der Waals surface area contributed by atoms with E-state index in [1.165, 1.54) is 6.21 Å². The van der Waals surface area contributed by atoms with Crippen molar-refractivity contribution in [1.29, 1.82) is 0 Å². The zero-order valence-corrected chi connectivity index (χ0v) is 16.2. The van der Waals surface area contributed by atoms with Crippen molar-refractivity contribution in [3.05, 3.63) is 64.7 Å². The van der Waals surface area contributed by atoms with Gasteiger partial charge in [0, 0.05) is 0 Å². The first-order chi connectivity index (χ1) is 12.2. The second kappa shape index (κ2) is 8.14. The molecular formula is C19H23N3O3S. The van der Waals surface area contributed by atoms with Crippen LogP contribution in [0, 0.1) is 20.8 Å². The molecule has 0 bridgehead atoms. The molecule has 2 rings (SSSR count). The summed E-state index contributed by atoms with van der Waals surface area (Å²) in [5.74, 6) is -0.515. The van der Waals surface area contributed by atoms with E-state index in [0.717, 1.165) is 32.8 Å². The fourth-order valence-electron chi connectivity index (χ4n) is 2.56. The van der Waals surface area contributed by atoms with E-state index in [1.807, 2.05) is 57.2 Å². The molecular weight excluding hydrogens is 350 g/mol. The van der Waals surface area contributed by atoms with Gasteiger partial charge in [0.2, 0.25) is 10.0 Å². The maximum absolute atomic E-state index is 12.2. The lowest BCUT2D eigenvalue weighted by Crippen LogP contribution is -2.39. The Morgan fingerprint density at radius 3 is 2.42 bits per heavy atom. The van der Waals surface area contributed by atoms with E-state index in [0.29, 0.717) is 5.69 Å². The Bertz CT molecular complexity index is 937. The number of amides is 1. The third kappa shape index (κ3) is 5.42. The van der Waals surface area contributed by atoms with Gasteiger partial charge in [0.15, 0.2) is 0 Å². The van der Waals surface area contributed by atoms with Crippen LogP contribution in [0.2, 0.25) is 0 Å². The number of hydrogen-bond donors (Lipinski definition) is 1. The predicted molar refractivity (Wildman–Crippen MR) is 105 cm³/mol. The van der Waals surface area contributed by atoms with Crippen LogP contribution >= 0.6 is 0 Å². The van der Waals surface area contributed by atoms with Gasteiger partial charge in [0.25, 0.3) is 5.91 Å². The number of benzene rings is 2. The molecule has 138 valence electrons. The van der Waals surface area contributed by atoms with E-state index >= 15 is 0 Å². The summed E-state index contributed by atoms with van der Waals surface area (Å²) in [5, 5.41) is 3.90. The van der Waals surface area contributed by atoms with Gasteiger partial charge in [-0.2, -0.15) is 5.10 Å². The summed E-state index contributed by atoms with van der Waals surface area (Å²) in [6.07, 6.45) is 2.60. The second-order valence-electron chi connectivity index (χ2n) is 6.27. The highest BCUT2D eigenvalue weighted by molar-refractivity contribution is 7.92. The molecule has 0 heterocycles. The molecule has 1 N–H and O–H groups in total. The van der Waals surface area contributed by atoms with Crippen molar-refractivity contribution in [3.8, 4) is 0 Å². The predicted octanol–water partition coefficient (Wildman–Crippen LogP) is 2.53. The Morgan fingerprint density at radius 2 is 1.81 bits per heavy atom. The summed E-state index contributed by atoms with van der Waals surface area (Å²) < 4.78 is 25.4. The normalized spacial score (nSPS) is 11.5. The van der Waals surface area contributed by atoms with Gasteiger partial charge in [-0.05, 0) is 38.0 Å². The molecule has 0 atom stereocenters. The Kier molecular flexibility index (Phi) is 6.15. The fourth-order valence-corrected chi connectivity index (χ4v) is 3.48. The first kappa shape index (κ1) is 19.7. The lowest BCUT2D eigenvalue weighted by atomic mass is 10.1. The van der Waals surface area contributed by atoms with Crippen molar-refractivity contribution in [1.82, 2.24) is 5.43 Å². The van der Waals surface area contributed by atoms with E-state index in [4.69, 9.17) is 0 Å². The van der Waals surface area contributed by atoms with E-state index < -0.39 is 15.9 Å². The van der Waals surface area contributed by atoms with Crippen LogP contribution in [-0.4, -0.2) is 33.3 Å². The molecule has 0 aliphatic heterocycles. The smallest absolute Gasteiger partial charge is 0.260 e. The summed E-state index contributed by atoms with van der Waals surface area (Å²) in [6, 6.07) is 13.0. The summed E-state index contributed by atoms with van der Waals surface area (Å²) in [4.78, 5) is 12.2. The first-order valence-electron chi connectivity index (χ1n) is 8.10. The second-order valence-corrected chi connectivity index (χ2v) is 8.17. The Morgan fingerprint density at radius 1 is 1.12 bits per heavy atom. The molecule has 0 aliphatic carbocycles. The minimum atomic E-state index is -3.61. The molecule has 0 radical (unpaired) electrons. The highest BCUT2D eigenvalue weighted by Crippen LogP contribution is 2.23. The van der Waals surface area contributed by atoms with Crippen molar-refractivity contribution < 1.29 is 13.2 Å². The molecule has 0 fully saturated rings. The molecule has 0 spiro atoms. The lowest BCUT2D eigenvalue weighted by Gasteiger charge is -2.23. The number of nitrogens with one attached hydrogen (secondary N) is 1. The van der Waals surface area contributed by atoms with Crippen molar-refractivity contribution in [2.24, 2.45) is 5.10 Å². The van der Waals surface area contributed by atoms with Gasteiger partial charge in [-0.1, -0.05) is 47.5 Å². The molecule has 2 aromatic rings. The van der Waals surface area contributed by atoms with Gasteiger partial charge in [0.05, 0.1) is 18.2 Å². The number of aryl methyl sites for hydroxylation is 3. The number of anilines is 1. The van der Waals surface area contributed by atoms with Crippen molar-refractivity contribution >= 4 is 27.8 Å². The van der Waals surface area contributed by atoms with Gasteiger partial charge >= 0.3 is 0 Å². The van der Waals surface area contributed by atoms with Gasteiger partial charge < -0.3 is 0 Å². The van der Waals surface area contributed by atoms with E-state index in [9.17, 15) is 13.2 Å². The molecule has 26 heavy (non-hydrogen) atoms. The van der Waals surface area contributed by atoms with Gasteiger partial charge in [-0.3, -0.25) is 9.10 Å². The summed E-state index contributed by atoms with van der Waals surface area (Å²) in [5.41, 5.74) is 6.59. The molecule has 6 nitrogen and oxygen atoms in total. The number of hydrogen-bond acceptors (Lipinski definition) is 4. The van der Waals surface area contributed by atoms with Crippen LogP contribution in [0.5, 0.6) is 0 Å². The van der Waals surface area contributed by atoms with Crippen LogP contribution in [0.1, 0.15) is 22.3 Å². The van der Waals surface area contributed by atoms with Crippen LogP contribution < -0.4 is 9.73 Å². The van der Waals surface area contributed by atoms with Crippen LogP contribution in [-0.2, 0) is 14.8 Å². The Hall–Kier alpha value is -2.67. The minimum absolute atomic E-state index is 0.339. The van der Waals surface area contributed by atoms with Gasteiger partial charge in [-0.25, -0.2) is 13.8 Å². The molecule has 0 saturated carbocycles. The largest absolute Gasteiger partial charge is 0.271 e. The lowest BCUT2D eigenvalue weighted by molar-refractivity contribution is -0.119. The van der Waals surface area contributed by atoms with Crippen molar-refractivity contribution in [2.45, 2.75) is 20.8 Å². The van der Waals surface area contributed by atoms with Crippen LogP contribution in [0.4, 0.5) is 5.69 Å². The van der Waals surface area contributed by atoms with E-state index in [-0.39, 0.29) is 6.54 Å². The quantitative estimate of drug-likeness (QED) is 0.624. The van der Waals surface area contributed by atoms with Crippen molar-refractivity contribution in [2.75, 3.05) is 17.1 Å². The summed E-state index contributed by atoms with van der Waals surface area (Å²) in [6.45, 7) is 5.36. The van der Waals surface area contributed by atoms with Gasteiger partial charge in [0.1, 0.15) is 6.54 Å². The molecule has 0 aliphatic rings. The third-order valence-electron chi connectivity index (χ3n) is 3.75. The highest BCUT2D eigenvalue weighted by atomic mass is 32.2. The average Bonchev–Trinajstić information content (AvgIpc) is 2.52. The standard InChI is InChI=1S/C19H23N3O3S/c1-14-6-5-7-17(11-14)12-20-21-19(23)13-22(26(4,24)25)18-9-8-15(2)10-16(18)3/h5-12H,13H2,1-4H3,(H,21,23)/b20-12-. The third-order valence-corrected chi connectivity index (χ3v) is 4.88. The van der Waals surface area contributed by atoms with Crippen LogP contribution in [0.3, 0.4) is 0 Å². The number of sulfonamides is 1.